The van der Waals surface area contributed by atoms with Gasteiger partial charge in [-0.1, -0.05) is 54.2 Å². The third kappa shape index (κ3) is 4.76. The van der Waals surface area contributed by atoms with E-state index in [1.165, 1.54) is 6.42 Å². The van der Waals surface area contributed by atoms with E-state index in [-0.39, 0.29) is 30.1 Å². The number of nitrogens with one attached hydrogen (secondary N) is 2. The van der Waals surface area contributed by atoms with Crippen molar-refractivity contribution in [3.63, 3.8) is 0 Å². The van der Waals surface area contributed by atoms with Crippen LogP contribution in [0.4, 0.5) is 0 Å². The molecule has 2 aromatic carbocycles. The smallest absolute Gasteiger partial charge is 0.253 e. The van der Waals surface area contributed by atoms with E-state index in [4.69, 9.17) is 23.2 Å². The number of hydrogen-bond donors (Lipinski definition) is 2. The predicted molar refractivity (Wildman–Crippen MR) is 130 cm³/mol. The highest BCUT2D eigenvalue weighted by atomic mass is 35.5. The molecular weight excluding hydrogens is 459 g/mol. The maximum absolute atomic E-state index is 13.1. The Morgan fingerprint density at radius 2 is 1.58 bits per heavy atom. The molecule has 2 amide bonds. The number of nitrogens with zero attached hydrogens (tertiary/aromatic N) is 2. The molecule has 0 bridgehead atoms. The lowest BCUT2D eigenvalue weighted by Crippen LogP contribution is -2.69. The van der Waals surface area contributed by atoms with Gasteiger partial charge in [0.2, 0.25) is 5.91 Å². The van der Waals surface area contributed by atoms with Crippen molar-refractivity contribution in [2.75, 3.05) is 26.2 Å². The van der Waals surface area contributed by atoms with Crippen LogP contribution in [0.1, 0.15) is 36.0 Å². The molecule has 33 heavy (non-hydrogen) atoms. The SMILES string of the molecule is O=C1NC(N2CCN(C(=O)c3ccc(-c4ccc(Cl)c(Cl)c4)cc3)CC2)NC2CCCCC12. The normalized spacial score (nSPS) is 25.9. The molecular formula is C25H28Cl2N4O2. The lowest BCUT2D eigenvalue weighted by Gasteiger charge is -2.46. The molecule has 8 heteroatoms. The average molecular weight is 487 g/mol. The maximum Gasteiger partial charge on any atom is 0.253 e. The fraction of sp³-hybridized carbons (Fsp3) is 0.440. The Hall–Kier alpha value is -2.12. The van der Waals surface area contributed by atoms with E-state index < -0.39 is 0 Å². The molecule has 1 aliphatic carbocycles. The predicted octanol–water partition coefficient (Wildman–Crippen LogP) is 3.98. The van der Waals surface area contributed by atoms with Crippen LogP contribution < -0.4 is 10.6 Å². The van der Waals surface area contributed by atoms with Crippen LogP contribution in [0.15, 0.2) is 42.5 Å². The molecule has 2 saturated heterocycles. The van der Waals surface area contributed by atoms with Gasteiger partial charge in [0.15, 0.2) is 0 Å². The van der Waals surface area contributed by atoms with Gasteiger partial charge in [-0.15, -0.1) is 0 Å². The molecule has 3 aliphatic rings. The second-order valence-electron chi connectivity index (χ2n) is 9.11. The van der Waals surface area contributed by atoms with Crippen molar-refractivity contribution >= 4 is 35.0 Å². The number of halogens is 2. The number of carbonyl (C=O) groups excluding carboxylic acids is 2. The quantitative estimate of drug-likeness (QED) is 0.688. The fourth-order valence-corrected chi connectivity index (χ4v) is 5.47. The minimum atomic E-state index is -0.139. The van der Waals surface area contributed by atoms with Gasteiger partial charge in [0.1, 0.15) is 6.29 Å². The molecule has 5 rings (SSSR count). The lowest BCUT2D eigenvalue weighted by atomic mass is 9.82. The van der Waals surface area contributed by atoms with E-state index in [0.717, 1.165) is 43.5 Å². The third-order valence-corrected chi connectivity index (χ3v) is 7.84. The first-order valence-corrected chi connectivity index (χ1v) is 12.4. The molecule has 2 N–H and O–H groups in total. The minimum Gasteiger partial charge on any atom is -0.336 e. The molecule has 3 atom stereocenters. The van der Waals surface area contributed by atoms with Crippen molar-refractivity contribution in [3.05, 3.63) is 58.1 Å². The van der Waals surface area contributed by atoms with Crippen molar-refractivity contribution in [3.8, 4) is 11.1 Å². The molecule has 2 heterocycles. The summed E-state index contributed by atoms with van der Waals surface area (Å²) in [5.74, 6) is 0.303. The summed E-state index contributed by atoms with van der Waals surface area (Å²) in [4.78, 5) is 29.7. The molecule has 174 valence electrons. The Bertz CT molecular complexity index is 1040. The summed E-state index contributed by atoms with van der Waals surface area (Å²) in [6.45, 7) is 2.72. The van der Waals surface area contributed by atoms with E-state index >= 15 is 0 Å². The Kier molecular flexibility index (Phi) is 6.61. The first-order valence-electron chi connectivity index (χ1n) is 11.6. The van der Waals surface area contributed by atoms with Crippen LogP contribution in [0.2, 0.25) is 10.0 Å². The van der Waals surface area contributed by atoms with Gasteiger partial charge in [-0.2, -0.15) is 0 Å². The van der Waals surface area contributed by atoms with Gasteiger partial charge in [-0.3, -0.25) is 19.8 Å². The monoisotopic (exact) mass is 486 g/mol. The molecule has 3 unspecified atom stereocenters. The summed E-state index contributed by atoms with van der Waals surface area (Å²) in [7, 11) is 0. The summed E-state index contributed by atoms with van der Waals surface area (Å²) < 4.78 is 0. The number of benzene rings is 2. The van der Waals surface area contributed by atoms with Crippen molar-refractivity contribution < 1.29 is 9.59 Å². The van der Waals surface area contributed by atoms with Gasteiger partial charge in [-0.05, 0) is 48.2 Å². The van der Waals surface area contributed by atoms with Crippen LogP contribution in [0.3, 0.4) is 0 Å². The number of carbonyl (C=O) groups is 2. The zero-order valence-corrected chi connectivity index (χ0v) is 19.9. The van der Waals surface area contributed by atoms with Crippen LogP contribution in [-0.4, -0.2) is 60.1 Å². The standard InChI is InChI=1S/C25H28Cl2N4O2/c26-20-10-9-18(15-21(20)27)16-5-7-17(8-6-16)24(33)30-11-13-31(14-12-30)25-28-22-4-2-1-3-19(22)23(32)29-25/h5-10,15,19,22,25,28H,1-4,11-14H2,(H,29,32). The van der Waals surface area contributed by atoms with Crippen molar-refractivity contribution in [1.29, 1.82) is 0 Å². The number of fused-ring (bicyclic) bond motifs is 1. The number of hydrogen-bond acceptors (Lipinski definition) is 4. The molecule has 0 aromatic heterocycles. The van der Waals surface area contributed by atoms with E-state index in [9.17, 15) is 9.59 Å². The van der Waals surface area contributed by atoms with E-state index in [0.29, 0.717) is 28.7 Å². The lowest BCUT2D eigenvalue weighted by molar-refractivity contribution is -0.134. The first kappa shape index (κ1) is 22.7. The highest BCUT2D eigenvalue weighted by Crippen LogP contribution is 2.29. The van der Waals surface area contributed by atoms with E-state index in [1.54, 1.807) is 6.07 Å². The second-order valence-corrected chi connectivity index (χ2v) is 9.92. The Morgan fingerprint density at radius 1 is 0.879 bits per heavy atom. The number of piperazine rings is 1. The summed E-state index contributed by atoms with van der Waals surface area (Å²) in [6.07, 6.45) is 4.21. The third-order valence-electron chi connectivity index (χ3n) is 7.11. The van der Waals surface area contributed by atoms with Crippen LogP contribution >= 0.6 is 23.2 Å². The van der Waals surface area contributed by atoms with Gasteiger partial charge in [0.25, 0.3) is 5.91 Å². The van der Waals surface area contributed by atoms with Crippen LogP contribution in [-0.2, 0) is 4.79 Å². The van der Waals surface area contributed by atoms with Crippen LogP contribution in [0.25, 0.3) is 11.1 Å². The Balaban J connectivity index is 1.18. The summed E-state index contributed by atoms with van der Waals surface area (Å²) >= 11 is 12.1. The highest BCUT2D eigenvalue weighted by molar-refractivity contribution is 6.42. The highest BCUT2D eigenvalue weighted by Gasteiger charge is 2.39. The van der Waals surface area contributed by atoms with Crippen molar-refractivity contribution in [2.45, 2.75) is 38.0 Å². The molecule has 2 aromatic rings. The summed E-state index contributed by atoms with van der Waals surface area (Å²) in [6, 6.07) is 13.4. The van der Waals surface area contributed by atoms with Crippen LogP contribution in [0.5, 0.6) is 0 Å². The molecule has 6 nitrogen and oxygen atoms in total. The molecule has 0 radical (unpaired) electrons. The average Bonchev–Trinajstić information content (AvgIpc) is 2.85. The van der Waals surface area contributed by atoms with E-state index in [1.807, 2.05) is 41.3 Å². The Morgan fingerprint density at radius 3 is 2.30 bits per heavy atom. The van der Waals surface area contributed by atoms with Crippen molar-refractivity contribution in [2.24, 2.45) is 5.92 Å². The second kappa shape index (κ2) is 9.63. The Labute approximate surface area is 204 Å². The number of rotatable bonds is 3. The van der Waals surface area contributed by atoms with E-state index in [2.05, 4.69) is 15.5 Å². The molecule has 3 fully saturated rings. The largest absolute Gasteiger partial charge is 0.336 e. The molecule has 0 spiro atoms. The van der Waals surface area contributed by atoms with Gasteiger partial charge >= 0.3 is 0 Å². The molecule has 1 saturated carbocycles. The van der Waals surface area contributed by atoms with Gasteiger partial charge in [0, 0.05) is 37.8 Å². The van der Waals surface area contributed by atoms with Gasteiger partial charge < -0.3 is 10.2 Å². The summed E-state index contributed by atoms with van der Waals surface area (Å²) in [5.41, 5.74) is 2.61. The minimum absolute atomic E-state index is 0.0309. The zero-order valence-electron chi connectivity index (χ0n) is 18.4. The summed E-state index contributed by atoms with van der Waals surface area (Å²) in [5, 5.41) is 7.81. The maximum atomic E-state index is 13.1. The fourth-order valence-electron chi connectivity index (χ4n) is 5.17. The van der Waals surface area contributed by atoms with Gasteiger partial charge in [0.05, 0.1) is 16.0 Å². The zero-order chi connectivity index (χ0) is 22.9. The number of amides is 2. The first-order chi connectivity index (χ1) is 16.0. The van der Waals surface area contributed by atoms with Gasteiger partial charge in [-0.25, -0.2) is 0 Å². The topological polar surface area (TPSA) is 64.7 Å². The molecule has 2 aliphatic heterocycles. The van der Waals surface area contributed by atoms with Crippen molar-refractivity contribution in [1.82, 2.24) is 20.4 Å². The van der Waals surface area contributed by atoms with Crippen LogP contribution in [0, 0.1) is 5.92 Å².